The second-order valence-corrected chi connectivity index (χ2v) is 6.74. The lowest BCUT2D eigenvalue weighted by Crippen LogP contribution is -2.40. The summed E-state index contributed by atoms with van der Waals surface area (Å²) in [6.07, 6.45) is 6.92. The van der Waals surface area contributed by atoms with E-state index in [0.29, 0.717) is 0 Å². The molecule has 0 aliphatic heterocycles. The molecule has 0 heterocycles. The molecule has 3 nitrogen and oxygen atoms in total. The second kappa shape index (κ2) is 11.4. The third-order valence-corrected chi connectivity index (χ3v) is 5.09. The highest BCUT2D eigenvalue weighted by atomic mass is 15.1. The fourth-order valence-electron chi connectivity index (χ4n) is 3.53. The number of hydrogen-bond acceptors (Lipinski definition) is 3. The summed E-state index contributed by atoms with van der Waals surface area (Å²) in [5.74, 6) is 0.924. The Morgan fingerprint density at radius 3 is 2.19 bits per heavy atom. The van der Waals surface area contributed by atoms with E-state index >= 15 is 0 Å². The molecule has 1 aliphatic carbocycles. The maximum Gasteiger partial charge on any atom is 0.0107 e. The van der Waals surface area contributed by atoms with E-state index in [1.165, 1.54) is 71.4 Å². The van der Waals surface area contributed by atoms with Gasteiger partial charge in [-0.15, -0.1) is 0 Å². The summed E-state index contributed by atoms with van der Waals surface area (Å²) in [6.45, 7) is 17.6. The van der Waals surface area contributed by atoms with Crippen LogP contribution in [0.25, 0.3) is 0 Å². The average Bonchev–Trinajstić information content (AvgIpc) is 2.50. The molecule has 126 valence electrons. The first kappa shape index (κ1) is 18.9. The van der Waals surface area contributed by atoms with Crippen molar-refractivity contribution in [2.75, 3.05) is 45.8 Å². The van der Waals surface area contributed by atoms with Crippen molar-refractivity contribution in [2.24, 2.45) is 5.92 Å². The predicted octanol–water partition coefficient (Wildman–Crippen LogP) is 3.21. The molecule has 1 fully saturated rings. The first-order valence-electron chi connectivity index (χ1n) is 9.37. The molecule has 0 bridgehead atoms. The lowest BCUT2D eigenvalue weighted by Gasteiger charge is -2.29. The Hall–Kier alpha value is -0.120. The fourth-order valence-corrected chi connectivity index (χ4v) is 3.53. The Bertz CT molecular complexity index is 241. The van der Waals surface area contributed by atoms with Gasteiger partial charge in [0.15, 0.2) is 0 Å². The van der Waals surface area contributed by atoms with E-state index in [2.05, 4.69) is 42.8 Å². The zero-order valence-electron chi connectivity index (χ0n) is 15.0. The normalized spacial score (nSPS) is 23.1. The zero-order chi connectivity index (χ0) is 15.5. The minimum Gasteiger partial charge on any atom is -0.313 e. The molecule has 21 heavy (non-hydrogen) atoms. The van der Waals surface area contributed by atoms with Crippen molar-refractivity contribution in [2.45, 2.75) is 65.8 Å². The van der Waals surface area contributed by atoms with Crippen LogP contribution in [0.5, 0.6) is 0 Å². The summed E-state index contributed by atoms with van der Waals surface area (Å²) in [5.41, 5.74) is 0. The molecule has 0 spiro atoms. The highest BCUT2D eigenvalue weighted by Gasteiger charge is 2.18. The SMILES string of the molecule is CCN(CC)CCCN(CC)CCNC1CCCC(C)C1. The molecule has 0 radical (unpaired) electrons. The van der Waals surface area contributed by atoms with Gasteiger partial charge in [0, 0.05) is 19.1 Å². The van der Waals surface area contributed by atoms with Crippen LogP contribution in [0.15, 0.2) is 0 Å². The van der Waals surface area contributed by atoms with Gasteiger partial charge >= 0.3 is 0 Å². The van der Waals surface area contributed by atoms with Gasteiger partial charge in [0.1, 0.15) is 0 Å². The van der Waals surface area contributed by atoms with Crippen molar-refractivity contribution in [3.05, 3.63) is 0 Å². The molecule has 1 N–H and O–H groups in total. The van der Waals surface area contributed by atoms with Gasteiger partial charge in [-0.2, -0.15) is 0 Å². The Balaban J connectivity index is 2.10. The van der Waals surface area contributed by atoms with Gasteiger partial charge in [0.2, 0.25) is 0 Å². The molecule has 2 atom stereocenters. The maximum atomic E-state index is 3.79. The lowest BCUT2D eigenvalue weighted by atomic mass is 9.87. The van der Waals surface area contributed by atoms with Crippen LogP contribution in [0.2, 0.25) is 0 Å². The van der Waals surface area contributed by atoms with E-state index in [0.717, 1.165) is 18.5 Å². The van der Waals surface area contributed by atoms with Crippen molar-refractivity contribution in [3.63, 3.8) is 0 Å². The van der Waals surface area contributed by atoms with Gasteiger partial charge in [0.05, 0.1) is 0 Å². The summed E-state index contributed by atoms with van der Waals surface area (Å²) >= 11 is 0. The van der Waals surface area contributed by atoms with E-state index in [1.807, 2.05) is 0 Å². The summed E-state index contributed by atoms with van der Waals surface area (Å²) in [4.78, 5) is 5.12. The molecular formula is C18H39N3. The number of nitrogens with one attached hydrogen (secondary N) is 1. The smallest absolute Gasteiger partial charge is 0.0107 e. The van der Waals surface area contributed by atoms with Gasteiger partial charge in [-0.1, -0.05) is 40.5 Å². The predicted molar refractivity (Wildman–Crippen MR) is 93.9 cm³/mol. The van der Waals surface area contributed by atoms with E-state index in [1.54, 1.807) is 0 Å². The monoisotopic (exact) mass is 297 g/mol. The van der Waals surface area contributed by atoms with E-state index in [9.17, 15) is 0 Å². The second-order valence-electron chi connectivity index (χ2n) is 6.74. The van der Waals surface area contributed by atoms with Gasteiger partial charge in [0.25, 0.3) is 0 Å². The van der Waals surface area contributed by atoms with Crippen molar-refractivity contribution < 1.29 is 0 Å². The highest BCUT2D eigenvalue weighted by molar-refractivity contribution is 4.76. The molecule has 0 aromatic heterocycles. The van der Waals surface area contributed by atoms with Gasteiger partial charge < -0.3 is 15.1 Å². The zero-order valence-corrected chi connectivity index (χ0v) is 15.0. The summed E-state index contributed by atoms with van der Waals surface area (Å²) in [5, 5.41) is 3.79. The molecular weight excluding hydrogens is 258 g/mol. The molecule has 2 unspecified atom stereocenters. The molecule has 0 amide bonds. The van der Waals surface area contributed by atoms with Crippen molar-refractivity contribution >= 4 is 0 Å². The number of nitrogens with zero attached hydrogens (tertiary/aromatic N) is 2. The van der Waals surface area contributed by atoms with Gasteiger partial charge in [-0.3, -0.25) is 0 Å². The standard InChI is InChI=1S/C18H39N3/c1-5-20(6-2)13-9-14-21(7-3)15-12-19-18-11-8-10-17(4)16-18/h17-19H,5-16H2,1-4H3. The van der Waals surface area contributed by atoms with Crippen LogP contribution in [0.4, 0.5) is 0 Å². The maximum absolute atomic E-state index is 3.79. The van der Waals surface area contributed by atoms with Crippen LogP contribution >= 0.6 is 0 Å². The summed E-state index contributed by atoms with van der Waals surface area (Å²) < 4.78 is 0. The summed E-state index contributed by atoms with van der Waals surface area (Å²) in [7, 11) is 0. The highest BCUT2D eigenvalue weighted by Crippen LogP contribution is 2.23. The Labute approximate surface area is 133 Å². The average molecular weight is 298 g/mol. The minimum atomic E-state index is 0.781. The van der Waals surface area contributed by atoms with Crippen LogP contribution in [0.1, 0.15) is 59.8 Å². The third kappa shape index (κ3) is 8.18. The van der Waals surface area contributed by atoms with Crippen molar-refractivity contribution in [1.29, 1.82) is 0 Å². The Morgan fingerprint density at radius 2 is 1.57 bits per heavy atom. The van der Waals surface area contributed by atoms with Crippen molar-refractivity contribution in [3.8, 4) is 0 Å². The van der Waals surface area contributed by atoms with Crippen LogP contribution in [-0.2, 0) is 0 Å². The van der Waals surface area contributed by atoms with Crippen LogP contribution in [0, 0.1) is 5.92 Å². The van der Waals surface area contributed by atoms with E-state index < -0.39 is 0 Å². The fraction of sp³-hybridized carbons (Fsp3) is 1.00. The molecule has 0 aromatic rings. The van der Waals surface area contributed by atoms with Crippen LogP contribution in [-0.4, -0.2) is 61.7 Å². The quantitative estimate of drug-likeness (QED) is 0.632. The number of likely N-dealkylation sites (N-methyl/N-ethyl adjacent to an activating group) is 1. The number of rotatable bonds is 11. The lowest BCUT2D eigenvalue weighted by molar-refractivity contribution is 0.234. The van der Waals surface area contributed by atoms with Gasteiger partial charge in [-0.05, 0) is 57.9 Å². The van der Waals surface area contributed by atoms with Crippen LogP contribution in [0.3, 0.4) is 0 Å². The first-order chi connectivity index (χ1) is 10.2. The van der Waals surface area contributed by atoms with E-state index in [4.69, 9.17) is 0 Å². The third-order valence-electron chi connectivity index (χ3n) is 5.09. The van der Waals surface area contributed by atoms with Crippen LogP contribution < -0.4 is 5.32 Å². The number of hydrogen-bond donors (Lipinski definition) is 1. The molecule has 0 aromatic carbocycles. The minimum absolute atomic E-state index is 0.781. The molecule has 3 heteroatoms. The molecule has 0 saturated heterocycles. The molecule has 1 saturated carbocycles. The summed E-state index contributed by atoms with van der Waals surface area (Å²) in [6, 6.07) is 0.781. The topological polar surface area (TPSA) is 18.5 Å². The Kier molecular flexibility index (Phi) is 10.3. The van der Waals surface area contributed by atoms with E-state index in [-0.39, 0.29) is 0 Å². The molecule has 1 rings (SSSR count). The molecule has 1 aliphatic rings. The Morgan fingerprint density at radius 1 is 0.905 bits per heavy atom. The van der Waals surface area contributed by atoms with Crippen molar-refractivity contribution in [1.82, 2.24) is 15.1 Å². The largest absolute Gasteiger partial charge is 0.313 e. The van der Waals surface area contributed by atoms with Gasteiger partial charge in [-0.25, -0.2) is 0 Å². The first-order valence-corrected chi connectivity index (χ1v) is 9.37.